The number of rotatable bonds is 3. The van der Waals surface area contributed by atoms with E-state index in [1.165, 1.54) is 0 Å². The van der Waals surface area contributed by atoms with Crippen molar-refractivity contribution >= 4 is 32.8 Å². The molecule has 1 aliphatic heterocycles. The van der Waals surface area contributed by atoms with E-state index in [9.17, 15) is 4.79 Å². The monoisotopic (exact) mass is 336 g/mol. The van der Waals surface area contributed by atoms with Crippen LogP contribution >= 0.6 is 15.9 Å². The Morgan fingerprint density at radius 3 is 3.05 bits per heavy atom. The van der Waals surface area contributed by atoms with Crippen LogP contribution in [0.25, 0.3) is 11.0 Å². The highest BCUT2D eigenvalue weighted by atomic mass is 79.9. The van der Waals surface area contributed by atoms with Crippen LogP contribution in [-0.4, -0.2) is 18.5 Å². The first kappa shape index (κ1) is 13.6. The Morgan fingerprint density at radius 1 is 1.45 bits per heavy atom. The third kappa shape index (κ3) is 2.88. The molecule has 20 heavy (non-hydrogen) atoms. The number of piperidine rings is 1. The number of carbonyl (C=O) groups excluding carboxylic acids is 1. The molecule has 2 heterocycles. The Labute approximate surface area is 126 Å². The minimum absolute atomic E-state index is 0.126. The second kappa shape index (κ2) is 5.58. The molecule has 2 atom stereocenters. The number of carbonyl (C=O) groups is 1. The molecule has 1 fully saturated rings. The molecular weight excluding hydrogens is 320 g/mol. The van der Waals surface area contributed by atoms with Crippen molar-refractivity contribution in [1.82, 2.24) is 10.6 Å². The number of nitrogens with one attached hydrogen (secondary N) is 2. The van der Waals surface area contributed by atoms with Gasteiger partial charge in [0.15, 0.2) is 0 Å². The largest absolute Gasteiger partial charge is 0.459 e. The van der Waals surface area contributed by atoms with E-state index in [-0.39, 0.29) is 11.9 Å². The molecule has 2 unspecified atom stereocenters. The number of furan rings is 1. The minimum Gasteiger partial charge on any atom is -0.459 e. The lowest BCUT2D eigenvalue weighted by Gasteiger charge is -2.26. The van der Waals surface area contributed by atoms with Gasteiger partial charge < -0.3 is 15.1 Å². The number of hydrogen-bond donors (Lipinski definition) is 2. The molecule has 1 aromatic heterocycles. The van der Waals surface area contributed by atoms with Crippen molar-refractivity contribution in [3.8, 4) is 0 Å². The summed E-state index contributed by atoms with van der Waals surface area (Å²) in [6.45, 7) is 2.78. The van der Waals surface area contributed by atoms with Gasteiger partial charge in [0, 0.05) is 28.9 Å². The highest BCUT2D eigenvalue weighted by molar-refractivity contribution is 9.10. The molecule has 0 radical (unpaired) electrons. The van der Waals surface area contributed by atoms with Gasteiger partial charge in [-0.25, -0.2) is 0 Å². The van der Waals surface area contributed by atoms with Gasteiger partial charge in [-0.05, 0) is 37.6 Å². The van der Waals surface area contributed by atoms with Gasteiger partial charge in [-0.2, -0.15) is 0 Å². The SMILES string of the molecule is CC(NC1CCC(=O)NC1)c1cc2cc(Br)ccc2o1. The fourth-order valence-electron chi connectivity index (χ4n) is 2.56. The van der Waals surface area contributed by atoms with Crippen molar-refractivity contribution < 1.29 is 9.21 Å². The highest BCUT2D eigenvalue weighted by Gasteiger charge is 2.21. The summed E-state index contributed by atoms with van der Waals surface area (Å²) in [4.78, 5) is 11.2. The van der Waals surface area contributed by atoms with Crippen LogP contribution in [0.4, 0.5) is 0 Å². The summed E-state index contributed by atoms with van der Waals surface area (Å²) in [6.07, 6.45) is 1.47. The molecule has 5 heteroatoms. The molecule has 2 N–H and O–H groups in total. The van der Waals surface area contributed by atoms with Crippen LogP contribution < -0.4 is 10.6 Å². The van der Waals surface area contributed by atoms with Gasteiger partial charge in [0.25, 0.3) is 0 Å². The van der Waals surface area contributed by atoms with Crippen molar-refractivity contribution in [2.75, 3.05) is 6.54 Å². The van der Waals surface area contributed by atoms with Crippen molar-refractivity contribution in [2.24, 2.45) is 0 Å². The van der Waals surface area contributed by atoms with E-state index in [0.29, 0.717) is 19.0 Å². The number of fused-ring (bicyclic) bond motifs is 1. The topological polar surface area (TPSA) is 54.3 Å². The van der Waals surface area contributed by atoms with Crippen LogP contribution in [0.5, 0.6) is 0 Å². The molecule has 3 rings (SSSR count). The fraction of sp³-hybridized carbons (Fsp3) is 0.400. The smallest absolute Gasteiger partial charge is 0.220 e. The Kier molecular flexibility index (Phi) is 3.81. The van der Waals surface area contributed by atoms with Gasteiger partial charge in [-0.15, -0.1) is 0 Å². The van der Waals surface area contributed by atoms with Crippen LogP contribution in [0.1, 0.15) is 31.6 Å². The van der Waals surface area contributed by atoms with Crippen LogP contribution in [0.15, 0.2) is 33.2 Å². The summed E-state index contributed by atoms with van der Waals surface area (Å²) in [7, 11) is 0. The van der Waals surface area contributed by atoms with E-state index in [0.717, 1.165) is 27.6 Å². The average Bonchev–Trinajstić information content (AvgIpc) is 2.84. The van der Waals surface area contributed by atoms with Crippen molar-refractivity contribution in [2.45, 2.75) is 31.8 Å². The maximum atomic E-state index is 11.2. The minimum atomic E-state index is 0.126. The first-order chi connectivity index (χ1) is 9.61. The zero-order valence-corrected chi connectivity index (χ0v) is 12.9. The molecule has 1 aromatic carbocycles. The second-order valence-electron chi connectivity index (χ2n) is 5.26. The summed E-state index contributed by atoms with van der Waals surface area (Å²) < 4.78 is 6.93. The maximum absolute atomic E-state index is 11.2. The zero-order valence-electron chi connectivity index (χ0n) is 11.3. The predicted molar refractivity (Wildman–Crippen MR) is 81.5 cm³/mol. The van der Waals surface area contributed by atoms with Gasteiger partial charge in [-0.1, -0.05) is 15.9 Å². The molecule has 0 aliphatic carbocycles. The van der Waals surface area contributed by atoms with Gasteiger partial charge in [0.1, 0.15) is 11.3 Å². The molecule has 0 bridgehead atoms. The van der Waals surface area contributed by atoms with Crippen LogP contribution in [0.3, 0.4) is 0 Å². The molecule has 1 amide bonds. The van der Waals surface area contributed by atoms with E-state index in [2.05, 4.69) is 45.6 Å². The van der Waals surface area contributed by atoms with Crippen LogP contribution in [0.2, 0.25) is 0 Å². The number of halogens is 1. The second-order valence-corrected chi connectivity index (χ2v) is 6.17. The Hall–Kier alpha value is -1.33. The maximum Gasteiger partial charge on any atom is 0.220 e. The quantitative estimate of drug-likeness (QED) is 0.905. The summed E-state index contributed by atoms with van der Waals surface area (Å²) in [5.74, 6) is 1.07. The normalized spacial score (nSPS) is 20.9. The standard InChI is InChI=1S/C15H17BrN2O2/c1-9(18-12-3-5-15(19)17-8-12)14-7-10-6-11(16)2-4-13(10)20-14/h2,4,6-7,9,12,18H,3,5,8H2,1H3,(H,17,19). The first-order valence-corrected chi connectivity index (χ1v) is 7.63. The number of amides is 1. The summed E-state index contributed by atoms with van der Waals surface area (Å²) in [5.41, 5.74) is 0.897. The third-order valence-electron chi connectivity index (χ3n) is 3.68. The van der Waals surface area contributed by atoms with Crippen LogP contribution in [-0.2, 0) is 4.79 Å². The molecule has 1 aliphatic rings. The molecule has 0 saturated carbocycles. The van der Waals surface area contributed by atoms with E-state index in [4.69, 9.17) is 4.42 Å². The fourth-order valence-corrected chi connectivity index (χ4v) is 2.94. The average molecular weight is 337 g/mol. The highest BCUT2D eigenvalue weighted by Crippen LogP contribution is 2.27. The van der Waals surface area contributed by atoms with Gasteiger partial charge >= 0.3 is 0 Å². The zero-order chi connectivity index (χ0) is 14.1. The lowest BCUT2D eigenvalue weighted by molar-refractivity contribution is -0.122. The van der Waals surface area contributed by atoms with E-state index in [1.807, 2.05) is 12.1 Å². The summed E-state index contributed by atoms with van der Waals surface area (Å²) in [6, 6.07) is 8.50. The molecular formula is C15H17BrN2O2. The third-order valence-corrected chi connectivity index (χ3v) is 4.17. The molecule has 106 valence electrons. The first-order valence-electron chi connectivity index (χ1n) is 6.83. The predicted octanol–water partition coefficient (Wildman–Crippen LogP) is 3.12. The lowest BCUT2D eigenvalue weighted by Crippen LogP contribution is -2.46. The van der Waals surface area contributed by atoms with Crippen molar-refractivity contribution in [1.29, 1.82) is 0 Å². The molecule has 0 spiro atoms. The van der Waals surface area contributed by atoms with Crippen molar-refractivity contribution in [3.63, 3.8) is 0 Å². The lowest BCUT2D eigenvalue weighted by atomic mass is 10.1. The number of hydrogen-bond acceptors (Lipinski definition) is 3. The summed E-state index contributed by atoms with van der Waals surface area (Å²) >= 11 is 3.47. The summed E-state index contributed by atoms with van der Waals surface area (Å²) in [5, 5.41) is 7.49. The van der Waals surface area contributed by atoms with Gasteiger partial charge in [0.05, 0.1) is 6.04 Å². The van der Waals surface area contributed by atoms with Gasteiger partial charge in [0.2, 0.25) is 5.91 Å². The molecule has 2 aromatic rings. The van der Waals surface area contributed by atoms with E-state index in [1.54, 1.807) is 0 Å². The Morgan fingerprint density at radius 2 is 2.30 bits per heavy atom. The van der Waals surface area contributed by atoms with Gasteiger partial charge in [-0.3, -0.25) is 4.79 Å². The van der Waals surface area contributed by atoms with Crippen LogP contribution in [0, 0.1) is 0 Å². The van der Waals surface area contributed by atoms with E-state index >= 15 is 0 Å². The Bertz CT molecular complexity index is 628. The Balaban J connectivity index is 1.71. The van der Waals surface area contributed by atoms with Crippen molar-refractivity contribution in [3.05, 3.63) is 34.5 Å². The number of benzene rings is 1. The molecule has 1 saturated heterocycles. The van der Waals surface area contributed by atoms with E-state index < -0.39 is 0 Å². The molecule has 4 nitrogen and oxygen atoms in total.